The Morgan fingerprint density at radius 2 is 1.81 bits per heavy atom. The molecule has 1 fully saturated rings. The van der Waals surface area contributed by atoms with Crippen molar-refractivity contribution in [1.82, 2.24) is 24.6 Å². The third-order valence-electron chi connectivity index (χ3n) is 6.09. The summed E-state index contributed by atoms with van der Waals surface area (Å²) in [5.41, 5.74) is 2.21. The first kappa shape index (κ1) is 22.0. The number of aromatic nitrogens is 3. The highest BCUT2D eigenvalue weighted by molar-refractivity contribution is 5.94. The van der Waals surface area contributed by atoms with Crippen LogP contribution < -0.4 is 10.9 Å². The number of amides is 1. The molecule has 1 unspecified atom stereocenters. The number of likely N-dealkylation sites (tertiary alicyclic amines) is 1. The minimum Gasteiger partial charge on any atom is -0.362 e. The topological polar surface area (TPSA) is 83.4 Å². The van der Waals surface area contributed by atoms with Gasteiger partial charge in [0.2, 0.25) is 0 Å². The first-order valence-corrected chi connectivity index (χ1v) is 11.0. The van der Waals surface area contributed by atoms with Gasteiger partial charge in [-0.2, -0.15) is 5.10 Å². The smallest absolute Gasteiger partial charge is 0.276 e. The molecule has 0 saturated carbocycles. The number of anilines is 1. The zero-order chi connectivity index (χ0) is 22.8. The molecule has 1 amide bonds. The molecule has 2 aromatic heterocycles. The number of likely N-dealkylation sites (N-methyl/N-ethyl adjacent to an activating group) is 1. The lowest BCUT2D eigenvalue weighted by Gasteiger charge is -2.31. The fourth-order valence-electron chi connectivity index (χ4n) is 4.54. The highest BCUT2D eigenvalue weighted by atomic mass is 16.2. The Labute approximate surface area is 187 Å². The number of nitrogens with zero attached hydrogens (tertiary/aromatic N) is 5. The molecule has 4 rings (SSSR count). The van der Waals surface area contributed by atoms with Crippen molar-refractivity contribution in [2.45, 2.75) is 31.8 Å². The van der Waals surface area contributed by atoms with Crippen LogP contribution in [0.3, 0.4) is 0 Å². The zero-order valence-electron chi connectivity index (χ0n) is 19.1. The lowest BCUT2D eigenvalue weighted by molar-refractivity contribution is 0.0793. The second-order valence-corrected chi connectivity index (χ2v) is 8.64. The standard InChI is InChI=1S/C24H30N6O2/c1-16(26-22-20-19(8-7-13-25-20)24(32)29(4)27-22)21(28(2)3)17-9-11-18(12-10-17)23(31)30-14-5-6-15-30/h7-13,16,21H,5-6,14-15H2,1-4H3,(H,26,27)/t16-,21?/m0/s1. The fraction of sp³-hybridized carbons (Fsp3) is 0.417. The molecule has 0 radical (unpaired) electrons. The van der Waals surface area contributed by atoms with E-state index >= 15 is 0 Å². The molecule has 8 heteroatoms. The molecule has 1 N–H and O–H groups in total. The average Bonchev–Trinajstić information content (AvgIpc) is 3.32. The molecule has 32 heavy (non-hydrogen) atoms. The van der Waals surface area contributed by atoms with E-state index in [-0.39, 0.29) is 23.6 Å². The fourth-order valence-corrected chi connectivity index (χ4v) is 4.54. The number of hydrogen-bond donors (Lipinski definition) is 1. The Hall–Kier alpha value is -3.26. The third-order valence-corrected chi connectivity index (χ3v) is 6.09. The lowest BCUT2D eigenvalue weighted by atomic mass is 9.97. The van der Waals surface area contributed by atoms with Crippen molar-refractivity contribution in [2.24, 2.45) is 7.05 Å². The first-order chi connectivity index (χ1) is 15.4. The monoisotopic (exact) mass is 434 g/mol. The quantitative estimate of drug-likeness (QED) is 0.642. The number of fused-ring (bicyclic) bond motifs is 1. The van der Waals surface area contributed by atoms with Crippen molar-refractivity contribution < 1.29 is 4.79 Å². The number of aryl methyl sites for hydroxylation is 1. The van der Waals surface area contributed by atoms with Crippen LogP contribution in [0, 0.1) is 0 Å². The van der Waals surface area contributed by atoms with E-state index in [1.54, 1.807) is 25.4 Å². The maximum atomic E-state index is 12.7. The Kier molecular flexibility index (Phi) is 6.23. The highest BCUT2D eigenvalue weighted by Crippen LogP contribution is 2.26. The van der Waals surface area contributed by atoms with E-state index < -0.39 is 0 Å². The molecule has 0 bridgehead atoms. The summed E-state index contributed by atoms with van der Waals surface area (Å²) >= 11 is 0. The lowest BCUT2D eigenvalue weighted by Crippen LogP contribution is -2.35. The van der Waals surface area contributed by atoms with Gasteiger partial charge in [0.25, 0.3) is 11.5 Å². The number of carbonyl (C=O) groups excluding carboxylic acids is 1. The summed E-state index contributed by atoms with van der Waals surface area (Å²) in [5.74, 6) is 0.677. The van der Waals surface area contributed by atoms with E-state index in [1.807, 2.05) is 43.3 Å². The number of benzene rings is 1. The normalized spacial score (nSPS) is 15.8. The average molecular weight is 435 g/mol. The zero-order valence-corrected chi connectivity index (χ0v) is 19.1. The number of nitrogens with one attached hydrogen (secondary N) is 1. The van der Waals surface area contributed by atoms with Crippen LogP contribution in [0.15, 0.2) is 47.4 Å². The Morgan fingerprint density at radius 3 is 2.47 bits per heavy atom. The van der Waals surface area contributed by atoms with E-state index in [9.17, 15) is 9.59 Å². The predicted molar refractivity (Wildman–Crippen MR) is 126 cm³/mol. The van der Waals surface area contributed by atoms with E-state index in [4.69, 9.17) is 0 Å². The molecule has 1 aliphatic heterocycles. The van der Waals surface area contributed by atoms with Crippen molar-refractivity contribution >= 4 is 22.6 Å². The number of pyridine rings is 1. The number of carbonyl (C=O) groups is 1. The maximum absolute atomic E-state index is 12.7. The molecule has 2 atom stereocenters. The molecule has 0 spiro atoms. The van der Waals surface area contributed by atoms with Gasteiger partial charge in [-0.05, 0) is 63.7 Å². The van der Waals surface area contributed by atoms with Gasteiger partial charge in [0, 0.05) is 37.9 Å². The van der Waals surface area contributed by atoms with E-state index in [0.717, 1.165) is 37.1 Å². The minimum atomic E-state index is -0.172. The van der Waals surface area contributed by atoms with Crippen LogP contribution in [0.2, 0.25) is 0 Å². The predicted octanol–water partition coefficient (Wildman–Crippen LogP) is 2.67. The molecular weight excluding hydrogens is 404 g/mol. The van der Waals surface area contributed by atoms with Crippen LogP contribution in [0.1, 0.15) is 41.7 Å². The van der Waals surface area contributed by atoms with Crippen LogP contribution in [-0.2, 0) is 7.05 Å². The Balaban J connectivity index is 1.59. The molecule has 1 aromatic carbocycles. The van der Waals surface area contributed by atoms with E-state index in [2.05, 4.69) is 27.2 Å². The van der Waals surface area contributed by atoms with Crippen molar-refractivity contribution in [3.63, 3.8) is 0 Å². The molecule has 168 valence electrons. The molecule has 3 aromatic rings. The second kappa shape index (κ2) is 9.08. The number of hydrogen-bond acceptors (Lipinski definition) is 6. The highest BCUT2D eigenvalue weighted by Gasteiger charge is 2.25. The summed E-state index contributed by atoms with van der Waals surface area (Å²) in [5, 5.41) is 8.42. The second-order valence-electron chi connectivity index (χ2n) is 8.64. The summed E-state index contributed by atoms with van der Waals surface area (Å²) in [4.78, 5) is 33.5. The van der Waals surface area contributed by atoms with Gasteiger partial charge in [0.05, 0.1) is 11.4 Å². The minimum absolute atomic E-state index is 0.0173. The summed E-state index contributed by atoms with van der Waals surface area (Å²) in [6.07, 6.45) is 3.83. The summed E-state index contributed by atoms with van der Waals surface area (Å²) in [6.45, 7) is 3.77. The van der Waals surface area contributed by atoms with Crippen molar-refractivity contribution in [3.8, 4) is 0 Å². The van der Waals surface area contributed by atoms with Crippen LogP contribution in [0.5, 0.6) is 0 Å². The molecular formula is C24H30N6O2. The first-order valence-electron chi connectivity index (χ1n) is 11.0. The van der Waals surface area contributed by atoms with Crippen LogP contribution in [0.4, 0.5) is 5.82 Å². The summed E-state index contributed by atoms with van der Waals surface area (Å²) in [7, 11) is 5.69. The molecule has 8 nitrogen and oxygen atoms in total. The molecule has 0 aliphatic carbocycles. The van der Waals surface area contributed by atoms with Gasteiger partial charge < -0.3 is 15.1 Å². The molecule has 3 heterocycles. The summed E-state index contributed by atoms with van der Waals surface area (Å²) in [6, 6.07) is 11.4. The van der Waals surface area contributed by atoms with Crippen LogP contribution in [-0.4, -0.2) is 63.7 Å². The Bertz CT molecular complexity index is 1170. The SMILES string of the molecule is C[C@H](Nc1nn(C)c(=O)c2cccnc12)C(c1ccc(C(=O)N2CCCC2)cc1)N(C)C. The largest absolute Gasteiger partial charge is 0.362 e. The van der Waals surface area contributed by atoms with Gasteiger partial charge in [0.15, 0.2) is 5.82 Å². The van der Waals surface area contributed by atoms with E-state index in [1.165, 1.54) is 4.68 Å². The Morgan fingerprint density at radius 1 is 1.12 bits per heavy atom. The number of rotatable bonds is 6. The van der Waals surface area contributed by atoms with Crippen molar-refractivity contribution in [2.75, 3.05) is 32.5 Å². The van der Waals surface area contributed by atoms with Gasteiger partial charge in [-0.3, -0.25) is 14.6 Å². The van der Waals surface area contributed by atoms with Gasteiger partial charge >= 0.3 is 0 Å². The summed E-state index contributed by atoms with van der Waals surface area (Å²) < 4.78 is 1.34. The molecule has 1 saturated heterocycles. The maximum Gasteiger partial charge on any atom is 0.276 e. The molecule has 1 aliphatic rings. The van der Waals surface area contributed by atoms with Crippen molar-refractivity contribution in [1.29, 1.82) is 0 Å². The van der Waals surface area contributed by atoms with Gasteiger partial charge in [-0.15, -0.1) is 0 Å². The van der Waals surface area contributed by atoms with Gasteiger partial charge in [0.1, 0.15) is 5.52 Å². The van der Waals surface area contributed by atoms with Crippen molar-refractivity contribution in [3.05, 3.63) is 64.1 Å². The van der Waals surface area contributed by atoms with Crippen LogP contribution >= 0.6 is 0 Å². The third kappa shape index (κ3) is 4.23. The van der Waals surface area contributed by atoms with Gasteiger partial charge in [-0.25, -0.2) is 4.68 Å². The van der Waals surface area contributed by atoms with Gasteiger partial charge in [-0.1, -0.05) is 12.1 Å². The van der Waals surface area contributed by atoms with Crippen LogP contribution in [0.25, 0.3) is 10.9 Å². The van der Waals surface area contributed by atoms with E-state index in [0.29, 0.717) is 16.7 Å².